The number of methoxy groups -OCH3 is 1. The lowest BCUT2D eigenvalue weighted by Crippen LogP contribution is -2.53. The standard InChI is InChI=1S/C20H23ClFN3O3/c1-11-13(9-23-25(11)12-7-20(2,26)8-12)19-14(10-27-3)18(24-28-19)17-15(21)5-4-6-16(17)22/h4-6,9,11-13,26H,7-8,10H2,1-3H3. The van der Waals surface area contributed by atoms with Gasteiger partial charge in [0.1, 0.15) is 11.5 Å². The molecule has 8 heteroatoms. The molecule has 2 unspecified atom stereocenters. The first-order chi connectivity index (χ1) is 13.3. The third-order valence-electron chi connectivity index (χ3n) is 5.63. The summed E-state index contributed by atoms with van der Waals surface area (Å²) >= 11 is 6.23. The van der Waals surface area contributed by atoms with E-state index in [4.69, 9.17) is 20.9 Å². The molecule has 1 aliphatic carbocycles. The van der Waals surface area contributed by atoms with Gasteiger partial charge in [-0.15, -0.1) is 0 Å². The molecule has 0 radical (unpaired) electrons. The molecule has 1 aliphatic heterocycles. The molecule has 4 rings (SSSR count). The largest absolute Gasteiger partial charge is 0.390 e. The lowest BCUT2D eigenvalue weighted by atomic mass is 9.76. The Morgan fingerprint density at radius 2 is 2.18 bits per heavy atom. The van der Waals surface area contributed by atoms with Crippen LogP contribution in [0.1, 0.15) is 43.9 Å². The minimum absolute atomic E-state index is 0.0219. The van der Waals surface area contributed by atoms with E-state index in [1.54, 1.807) is 19.2 Å². The van der Waals surface area contributed by atoms with Crippen LogP contribution < -0.4 is 0 Å². The molecule has 0 saturated heterocycles. The van der Waals surface area contributed by atoms with Crippen molar-refractivity contribution in [2.45, 2.75) is 56.9 Å². The van der Waals surface area contributed by atoms with E-state index < -0.39 is 11.4 Å². The molecule has 2 heterocycles. The molecule has 1 saturated carbocycles. The average molecular weight is 408 g/mol. The zero-order valence-corrected chi connectivity index (χ0v) is 16.8. The zero-order chi connectivity index (χ0) is 20.1. The summed E-state index contributed by atoms with van der Waals surface area (Å²) < 4.78 is 25.5. The molecule has 28 heavy (non-hydrogen) atoms. The third-order valence-corrected chi connectivity index (χ3v) is 5.95. The van der Waals surface area contributed by atoms with Gasteiger partial charge in [0, 0.05) is 18.9 Å². The number of hydrogen-bond acceptors (Lipinski definition) is 6. The normalized spacial score (nSPS) is 29.4. The summed E-state index contributed by atoms with van der Waals surface area (Å²) in [5, 5.41) is 21.0. The summed E-state index contributed by atoms with van der Waals surface area (Å²) in [6.07, 6.45) is 3.18. The predicted molar refractivity (Wildman–Crippen MR) is 104 cm³/mol. The van der Waals surface area contributed by atoms with Crippen LogP contribution in [0.25, 0.3) is 11.3 Å². The number of ether oxygens (including phenoxy) is 1. The van der Waals surface area contributed by atoms with Crippen LogP contribution in [0.5, 0.6) is 0 Å². The first-order valence-corrected chi connectivity index (χ1v) is 9.67. The molecule has 1 N–H and O–H groups in total. The first kappa shape index (κ1) is 19.4. The van der Waals surface area contributed by atoms with Gasteiger partial charge in [0.2, 0.25) is 0 Å². The van der Waals surface area contributed by atoms with Crippen molar-refractivity contribution in [3.05, 3.63) is 40.4 Å². The van der Waals surface area contributed by atoms with E-state index >= 15 is 0 Å². The van der Waals surface area contributed by atoms with Crippen LogP contribution in [0.15, 0.2) is 27.8 Å². The maximum atomic E-state index is 14.4. The highest BCUT2D eigenvalue weighted by atomic mass is 35.5. The fourth-order valence-electron chi connectivity index (χ4n) is 4.19. The van der Waals surface area contributed by atoms with Crippen LogP contribution in [0.2, 0.25) is 5.02 Å². The maximum absolute atomic E-state index is 14.4. The fourth-order valence-corrected chi connectivity index (χ4v) is 4.44. The van der Waals surface area contributed by atoms with Crippen LogP contribution in [-0.4, -0.2) is 46.3 Å². The predicted octanol–water partition coefficient (Wildman–Crippen LogP) is 3.97. The SMILES string of the molecule is COCc1c(-c2c(F)cccc2Cl)noc1C1C=NN(C2CC(C)(O)C2)C1C. The van der Waals surface area contributed by atoms with Crippen molar-refractivity contribution in [2.24, 2.45) is 5.10 Å². The van der Waals surface area contributed by atoms with Crippen molar-refractivity contribution in [1.29, 1.82) is 0 Å². The minimum Gasteiger partial charge on any atom is -0.390 e. The number of aliphatic hydroxyl groups is 1. The molecule has 2 atom stereocenters. The van der Waals surface area contributed by atoms with Crippen LogP contribution in [0, 0.1) is 5.82 Å². The van der Waals surface area contributed by atoms with E-state index in [2.05, 4.69) is 17.2 Å². The number of rotatable bonds is 5. The van der Waals surface area contributed by atoms with Gasteiger partial charge in [0.05, 0.1) is 40.8 Å². The fraction of sp³-hybridized carbons (Fsp3) is 0.500. The van der Waals surface area contributed by atoms with Gasteiger partial charge in [0.15, 0.2) is 5.76 Å². The number of hydrazone groups is 1. The smallest absolute Gasteiger partial charge is 0.153 e. The number of benzene rings is 1. The molecule has 150 valence electrons. The van der Waals surface area contributed by atoms with E-state index in [1.807, 2.05) is 18.1 Å². The molecule has 1 aromatic heterocycles. The lowest BCUT2D eigenvalue weighted by molar-refractivity contribution is -0.0843. The maximum Gasteiger partial charge on any atom is 0.153 e. The summed E-state index contributed by atoms with van der Waals surface area (Å²) in [5.74, 6) is -0.0142. The third kappa shape index (κ3) is 3.21. The molecular formula is C20H23ClFN3O3. The van der Waals surface area contributed by atoms with Crippen LogP contribution >= 0.6 is 11.6 Å². The summed E-state index contributed by atoms with van der Waals surface area (Å²) in [4.78, 5) is 0. The number of halogens is 2. The molecule has 0 amide bonds. The quantitative estimate of drug-likeness (QED) is 0.812. The Balaban J connectivity index is 1.66. The molecule has 6 nitrogen and oxygen atoms in total. The van der Waals surface area contributed by atoms with Crippen LogP contribution in [0.4, 0.5) is 4.39 Å². The van der Waals surface area contributed by atoms with Crippen molar-refractivity contribution in [1.82, 2.24) is 10.2 Å². The molecule has 2 aliphatic rings. The van der Waals surface area contributed by atoms with E-state index in [0.717, 1.165) is 0 Å². The summed E-state index contributed by atoms with van der Waals surface area (Å²) in [6, 6.07) is 4.73. The van der Waals surface area contributed by atoms with Crippen molar-refractivity contribution in [3.8, 4) is 11.3 Å². The van der Waals surface area contributed by atoms with Crippen molar-refractivity contribution in [2.75, 3.05) is 7.11 Å². The number of hydrogen-bond donors (Lipinski definition) is 1. The number of nitrogens with zero attached hydrogens (tertiary/aromatic N) is 3. The van der Waals surface area contributed by atoms with Crippen molar-refractivity contribution in [3.63, 3.8) is 0 Å². The molecule has 2 aromatic rings. The summed E-state index contributed by atoms with van der Waals surface area (Å²) in [6.45, 7) is 4.11. The molecule has 1 aromatic carbocycles. The second kappa shape index (κ2) is 7.13. The van der Waals surface area contributed by atoms with Crippen molar-refractivity contribution >= 4 is 17.8 Å². The monoisotopic (exact) mass is 407 g/mol. The van der Waals surface area contributed by atoms with Gasteiger partial charge in [-0.3, -0.25) is 5.01 Å². The van der Waals surface area contributed by atoms with E-state index in [0.29, 0.717) is 29.9 Å². The Kier molecular flexibility index (Phi) is 4.93. The van der Waals surface area contributed by atoms with Crippen LogP contribution in [0.3, 0.4) is 0 Å². The van der Waals surface area contributed by atoms with E-state index in [-0.39, 0.29) is 35.2 Å². The minimum atomic E-state index is -0.625. The first-order valence-electron chi connectivity index (χ1n) is 9.29. The molecule has 1 fully saturated rings. The van der Waals surface area contributed by atoms with Gasteiger partial charge in [-0.25, -0.2) is 4.39 Å². The van der Waals surface area contributed by atoms with Gasteiger partial charge >= 0.3 is 0 Å². The Labute approximate surface area is 167 Å². The summed E-state index contributed by atoms with van der Waals surface area (Å²) in [5.41, 5.74) is 0.603. The highest BCUT2D eigenvalue weighted by Crippen LogP contribution is 2.42. The Morgan fingerprint density at radius 1 is 1.43 bits per heavy atom. The molecule has 0 bridgehead atoms. The van der Waals surface area contributed by atoms with Gasteiger partial charge in [-0.1, -0.05) is 22.8 Å². The Morgan fingerprint density at radius 3 is 2.82 bits per heavy atom. The summed E-state index contributed by atoms with van der Waals surface area (Å²) in [7, 11) is 1.57. The second-order valence-corrected chi connectivity index (χ2v) is 8.28. The Bertz CT molecular complexity index is 886. The molecule has 0 spiro atoms. The lowest BCUT2D eigenvalue weighted by Gasteiger charge is -2.46. The van der Waals surface area contributed by atoms with Crippen molar-refractivity contribution < 1.29 is 18.8 Å². The van der Waals surface area contributed by atoms with E-state index in [1.165, 1.54) is 6.07 Å². The Hall–Kier alpha value is -1.96. The second-order valence-electron chi connectivity index (χ2n) is 7.87. The van der Waals surface area contributed by atoms with Gasteiger partial charge in [-0.05, 0) is 38.8 Å². The zero-order valence-electron chi connectivity index (χ0n) is 16.0. The molecular weight excluding hydrogens is 385 g/mol. The van der Waals surface area contributed by atoms with Crippen LogP contribution in [-0.2, 0) is 11.3 Å². The average Bonchev–Trinajstić information content (AvgIpc) is 3.17. The highest BCUT2D eigenvalue weighted by molar-refractivity contribution is 6.33. The van der Waals surface area contributed by atoms with Gasteiger partial charge in [0.25, 0.3) is 0 Å². The topological polar surface area (TPSA) is 71.1 Å². The highest BCUT2D eigenvalue weighted by Gasteiger charge is 2.46. The van der Waals surface area contributed by atoms with Gasteiger partial charge < -0.3 is 14.4 Å². The van der Waals surface area contributed by atoms with E-state index in [9.17, 15) is 9.50 Å². The van der Waals surface area contributed by atoms with Gasteiger partial charge in [-0.2, -0.15) is 5.10 Å². The number of aromatic nitrogens is 1.